The Morgan fingerprint density at radius 1 is 1.14 bits per heavy atom. The largest absolute Gasteiger partial charge is 0.454 e. The second-order valence-electron chi connectivity index (χ2n) is 6.61. The zero-order valence-corrected chi connectivity index (χ0v) is 16.2. The van der Waals surface area contributed by atoms with Gasteiger partial charge in [-0.25, -0.2) is 0 Å². The first-order valence-corrected chi connectivity index (χ1v) is 9.41. The maximum Gasteiger partial charge on any atom is 0.287 e. The molecule has 6 heteroatoms. The fourth-order valence-electron chi connectivity index (χ4n) is 3.03. The average Bonchev–Trinajstić information content (AvgIpc) is 3.16. The minimum absolute atomic E-state index is 0.110. The van der Waals surface area contributed by atoms with E-state index >= 15 is 0 Å². The van der Waals surface area contributed by atoms with Crippen molar-refractivity contribution in [1.82, 2.24) is 9.88 Å². The highest BCUT2D eigenvalue weighted by Gasteiger charge is 2.12. The lowest BCUT2D eigenvalue weighted by molar-refractivity contribution is 0.0925. The Hall–Kier alpha value is -3.28. The normalized spacial score (nSPS) is 10.6. The highest BCUT2D eigenvalue weighted by molar-refractivity contribution is 5.91. The molecule has 0 spiro atoms. The van der Waals surface area contributed by atoms with Gasteiger partial charge in [0.05, 0.1) is 6.54 Å². The summed E-state index contributed by atoms with van der Waals surface area (Å²) in [6.07, 6.45) is 1.69. The van der Waals surface area contributed by atoms with E-state index in [1.54, 1.807) is 30.5 Å². The Morgan fingerprint density at radius 2 is 2.00 bits per heavy atom. The number of nitrogens with one attached hydrogen (secondary N) is 1. The van der Waals surface area contributed by atoms with E-state index in [1.165, 1.54) is 16.2 Å². The zero-order chi connectivity index (χ0) is 19.9. The number of aromatic nitrogens is 1. The van der Waals surface area contributed by atoms with E-state index in [9.17, 15) is 9.59 Å². The van der Waals surface area contributed by atoms with E-state index in [4.69, 9.17) is 4.42 Å². The molecule has 3 aromatic rings. The average molecular weight is 379 g/mol. The number of aryl methyl sites for hydroxylation is 1. The number of rotatable bonds is 8. The SMILES string of the molecule is CCN(CCNC(=O)c1ccc(Cn2ccccc2=O)o1)c1cccc(C)c1. The number of anilines is 1. The van der Waals surface area contributed by atoms with E-state index in [-0.39, 0.29) is 17.2 Å². The Kier molecular flexibility index (Phi) is 6.32. The highest BCUT2D eigenvalue weighted by atomic mass is 16.4. The topological polar surface area (TPSA) is 67.5 Å². The van der Waals surface area contributed by atoms with Crippen LogP contribution >= 0.6 is 0 Å². The van der Waals surface area contributed by atoms with Crippen LogP contribution in [-0.2, 0) is 6.54 Å². The Bertz CT molecular complexity index is 990. The first-order chi connectivity index (χ1) is 13.6. The van der Waals surface area contributed by atoms with E-state index in [0.29, 0.717) is 25.4 Å². The van der Waals surface area contributed by atoms with E-state index in [0.717, 1.165) is 12.2 Å². The number of benzene rings is 1. The number of carbonyl (C=O) groups excluding carboxylic acids is 1. The van der Waals surface area contributed by atoms with Crippen LogP contribution in [0.1, 0.15) is 28.8 Å². The van der Waals surface area contributed by atoms with Gasteiger partial charge in [-0.2, -0.15) is 0 Å². The second kappa shape index (κ2) is 9.08. The third kappa shape index (κ3) is 4.91. The number of carbonyl (C=O) groups is 1. The van der Waals surface area contributed by atoms with Gasteiger partial charge in [-0.15, -0.1) is 0 Å². The number of furan rings is 1. The number of likely N-dealkylation sites (N-methyl/N-ethyl adjacent to an activating group) is 1. The summed E-state index contributed by atoms with van der Waals surface area (Å²) in [5, 5.41) is 2.89. The van der Waals surface area contributed by atoms with Gasteiger partial charge in [0.25, 0.3) is 11.5 Å². The summed E-state index contributed by atoms with van der Waals surface area (Å²) >= 11 is 0. The van der Waals surface area contributed by atoms with Gasteiger partial charge in [0, 0.05) is 37.6 Å². The molecule has 2 aromatic heterocycles. The molecule has 146 valence electrons. The summed E-state index contributed by atoms with van der Waals surface area (Å²) in [7, 11) is 0. The molecule has 6 nitrogen and oxygen atoms in total. The third-order valence-electron chi connectivity index (χ3n) is 4.53. The van der Waals surface area contributed by atoms with Gasteiger partial charge < -0.3 is 19.2 Å². The van der Waals surface area contributed by atoms with Crippen molar-refractivity contribution in [2.75, 3.05) is 24.5 Å². The molecule has 3 rings (SSSR count). The van der Waals surface area contributed by atoms with Crippen LogP contribution in [0.4, 0.5) is 5.69 Å². The van der Waals surface area contributed by atoms with Crippen LogP contribution in [0.5, 0.6) is 0 Å². The van der Waals surface area contributed by atoms with Crippen LogP contribution in [0.25, 0.3) is 0 Å². The molecule has 0 aliphatic carbocycles. The van der Waals surface area contributed by atoms with E-state index in [2.05, 4.69) is 42.3 Å². The van der Waals surface area contributed by atoms with Crippen molar-refractivity contribution in [3.05, 3.63) is 88.2 Å². The van der Waals surface area contributed by atoms with E-state index < -0.39 is 0 Å². The van der Waals surface area contributed by atoms with Crippen LogP contribution < -0.4 is 15.8 Å². The smallest absolute Gasteiger partial charge is 0.287 e. The van der Waals surface area contributed by atoms with Gasteiger partial charge in [0.15, 0.2) is 5.76 Å². The number of amides is 1. The molecular weight excluding hydrogens is 354 g/mol. The lowest BCUT2D eigenvalue weighted by atomic mass is 10.2. The van der Waals surface area contributed by atoms with Gasteiger partial charge in [-0.3, -0.25) is 9.59 Å². The molecule has 0 aliphatic rings. The lowest BCUT2D eigenvalue weighted by Crippen LogP contribution is -2.34. The predicted octanol–water partition coefficient (Wildman–Crippen LogP) is 3.05. The van der Waals surface area contributed by atoms with Gasteiger partial charge in [0.2, 0.25) is 0 Å². The summed E-state index contributed by atoms with van der Waals surface area (Å²) in [5.74, 6) is 0.554. The maximum atomic E-state index is 12.3. The molecule has 0 saturated heterocycles. The van der Waals surface area contributed by atoms with Crippen molar-refractivity contribution in [2.45, 2.75) is 20.4 Å². The van der Waals surface area contributed by atoms with Crippen molar-refractivity contribution >= 4 is 11.6 Å². The Balaban J connectivity index is 1.54. The minimum atomic E-state index is -0.257. The first-order valence-electron chi connectivity index (χ1n) is 9.41. The van der Waals surface area contributed by atoms with Crippen LogP contribution in [0.3, 0.4) is 0 Å². The fraction of sp³-hybridized carbons (Fsp3) is 0.273. The molecule has 2 heterocycles. The molecule has 0 fully saturated rings. The minimum Gasteiger partial charge on any atom is -0.454 e. The van der Waals surface area contributed by atoms with Crippen LogP contribution in [0.2, 0.25) is 0 Å². The second-order valence-corrected chi connectivity index (χ2v) is 6.61. The highest BCUT2D eigenvalue weighted by Crippen LogP contribution is 2.15. The van der Waals surface area contributed by atoms with Gasteiger partial charge in [0.1, 0.15) is 5.76 Å². The zero-order valence-electron chi connectivity index (χ0n) is 16.2. The third-order valence-corrected chi connectivity index (χ3v) is 4.53. The van der Waals surface area contributed by atoms with Crippen molar-refractivity contribution in [3.63, 3.8) is 0 Å². The molecule has 0 bridgehead atoms. The molecule has 1 N–H and O–H groups in total. The quantitative estimate of drug-likeness (QED) is 0.653. The number of pyridine rings is 1. The van der Waals surface area contributed by atoms with Crippen molar-refractivity contribution in [3.8, 4) is 0 Å². The maximum absolute atomic E-state index is 12.3. The van der Waals surface area contributed by atoms with Gasteiger partial charge in [-0.1, -0.05) is 18.2 Å². The summed E-state index contributed by atoms with van der Waals surface area (Å²) in [6.45, 7) is 6.53. The first kappa shape index (κ1) is 19.5. The molecule has 0 radical (unpaired) electrons. The number of hydrogen-bond donors (Lipinski definition) is 1. The van der Waals surface area contributed by atoms with Crippen LogP contribution in [-0.4, -0.2) is 30.1 Å². The Labute approximate surface area is 164 Å². The van der Waals surface area contributed by atoms with Crippen molar-refractivity contribution < 1.29 is 9.21 Å². The molecule has 1 aromatic carbocycles. The molecule has 0 unspecified atom stereocenters. The lowest BCUT2D eigenvalue weighted by Gasteiger charge is -2.23. The number of nitrogens with zero attached hydrogens (tertiary/aromatic N) is 2. The molecular formula is C22H25N3O3. The fourth-order valence-corrected chi connectivity index (χ4v) is 3.03. The van der Waals surface area contributed by atoms with Crippen LogP contribution in [0, 0.1) is 6.92 Å². The Morgan fingerprint density at radius 3 is 2.75 bits per heavy atom. The molecule has 1 amide bonds. The summed E-state index contributed by atoms with van der Waals surface area (Å²) < 4.78 is 7.13. The monoisotopic (exact) mass is 379 g/mol. The summed E-state index contributed by atoms with van der Waals surface area (Å²) in [4.78, 5) is 26.3. The predicted molar refractivity (Wildman–Crippen MR) is 110 cm³/mol. The summed E-state index contributed by atoms with van der Waals surface area (Å²) in [5.41, 5.74) is 2.24. The standard InChI is InChI=1S/C22H25N3O3/c1-3-24(18-8-6-7-17(2)15-18)14-12-23-22(27)20-11-10-19(28-20)16-25-13-5-4-9-21(25)26/h4-11,13,15H,3,12,14,16H2,1-2H3,(H,23,27). The van der Waals surface area contributed by atoms with Crippen molar-refractivity contribution in [2.24, 2.45) is 0 Å². The number of hydrogen-bond acceptors (Lipinski definition) is 4. The van der Waals surface area contributed by atoms with Crippen LogP contribution in [0.15, 0.2) is 70.0 Å². The van der Waals surface area contributed by atoms with Gasteiger partial charge >= 0.3 is 0 Å². The van der Waals surface area contributed by atoms with Crippen molar-refractivity contribution in [1.29, 1.82) is 0 Å². The van der Waals surface area contributed by atoms with E-state index in [1.807, 2.05) is 6.07 Å². The summed E-state index contributed by atoms with van der Waals surface area (Å²) in [6, 6.07) is 16.6. The molecule has 0 saturated carbocycles. The molecule has 0 aliphatic heterocycles. The van der Waals surface area contributed by atoms with Gasteiger partial charge in [-0.05, 0) is 49.7 Å². The molecule has 28 heavy (non-hydrogen) atoms. The molecule has 0 atom stereocenters.